The summed E-state index contributed by atoms with van der Waals surface area (Å²) < 4.78 is 47.8. The maximum absolute atomic E-state index is 13.7. The third-order valence-electron chi connectivity index (χ3n) is 4.35. The van der Waals surface area contributed by atoms with Crippen molar-refractivity contribution in [3.63, 3.8) is 0 Å². The van der Waals surface area contributed by atoms with Crippen LogP contribution in [-0.2, 0) is 6.18 Å². The maximum atomic E-state index is 13.7. The molecule has 1 aliphatic rings. The van der Waals surface area contributed by atoms with E-state index in [1.807, 2.05) is 0 Å². The fourth-order valence-corrected chi connectivity index (χ4v) is 3.37. The van der Waals surface area contributed by atoms with Gasteiger partial charge in [-0.25, -0.2) is 4.98 Å². The highest BCUT2D eigenvalue weighted by Crippen LogP contribution is 2.39. The second-order valence-electron chi connectivity index (χ2n) is 6.01. The van der Waals surface area contributed by atoms with Gasteiger partial charge in [-0.2, -0.15) is 13.2 Å². The molecule has 0 saturated heterocycles. The van der Waals surface area contributed by atoms with Crippen LogP contribution in [0.2, 0.25) is 5.02 Å². The smallest absolute Gasteiger partial charge is 0.435 e. The van der Waals surface area contributed by atoms with Gasteiger partial charge in [0.15, 0.2) is 5.69 Å². The molecular formula is C19H14ClF3N4O. The maximum Gasteiger partial charge on any atom is 0.435 e. The molecule has 0 spiro atoms. The van der Waals surface area contributed by atoms with Crippen molar-refractivity contribution in [2.24, 2.45) is 4.99 Å². The van der Waals surface area contributed by atoms with Crippen molar-refractivity contribution in [2.45, 2.75) is 6.18 Å². The summed E-state index contributed by atoms with van der Waals surface area (Å²) in [5.41, 5.74) is 0.0449. The molecule has 3 heterocycles. The quantitative estimate of drug-likeness (QED) is 0.621. The summed E-state index contributed by atoms with van der Waals surface area (Å²) in [5.74, 6) is 0.479. The highest BCUT2D eigenvalue weighted by Gasteiger charge is 2.40. The SMILES string of the molecule is COc1ccc(N2CC=NC=C2c2c(C(F)(F)F)nc3ccccn23)cc1Cl. The van der Waals surface area contributed by atoms with Crippen LogP contribution in [0.4, 0.5) is 18.9 Å². The first kappa shape index (κ1) is 18.4. The average molecular weight is 407 g/mol. The van der Waals surface area contributed by atoms with Gasteiger partial charge in [0.25, 0.3) is 0 Å². The van der Waals surface area contributed by atoms with E-state index in [9.17, 15) is 13.2 Å². The van der Waals surface area contributed by atoms with E-state index in [1.165, 1.54) is 23.8 Å². The molecule has 4 rings (SSSR count). The number of fused-ring (bicyclic) bond motifs is 1. The average Bonchev–Trinajstić information content (AvgIpc) is 3.08. The zero-order chi connectivity index (χ0) is 19.9. The van der Waals surface area contributed by atoms with E-state index in [1.54, 1.807) is 47.6 Å². The van der Waals surface area contributed by atoms with Crippen LogP contribution in [0.3, 0.4) is 0 Å². The van der Waals surface area contributed by atoms with E-state index in [0.717, 1.165) is 0 Å². The zero-order valence-corrected chi connectivity index (χ0v) is 15.4. The molecule has 3 aromatic rings. The van der Waals surface area contributed by atoms with Crippen LogP contribution in [0.15, 0.2) is 53.8 Å². The van der Waals surface area contributed by atoms with Crippen molar-refractivity contribution in [2.75, 3.05) is 18.6 Å². The van der Waals surface area contributed by atoms with Gasteiger partial charge in [0.2, 0.25) is 0 Å². The number of methoxy groups -OCH3 is 1. The predicted octanol–water partition coefficient (Wildman–Crippen LogP) is 4.90. The van der Waals surface area contributed by atoms with E-state index in [4.69, 9.17) is 16.3 Å². The molecule has 1 aromatic carbocycles. The first-order chi connectivity index (χ1) is 13.4. The van der Waals surface area contributed by atoms with Gasteiger partial charge >= 0.3 is 6.18 Å². The Morgan fingerprint density at radius 2 is 2.00 bits per heavy atom. The summed E-state index contributed by atoms with van der Waals surface area (Å²) >= 11 is 6.22. The first-order valence-corrected chi connectivity index (χ1v) is 8.65. The fourth-order valence-electron chi connectivity index (χ4n) is 3.12. The largest absolute Gasteiger partial charge is 0.495 e. The van der Waals surface area contributed by atoms with E-state index in [0.29, 0.717) is 16.5 Å². The number of ether oxygens (including phenoxy) is 1. The Kier molecular flexibility index (Phi) is 4.50. The van der Waals surface area contributed by atoms with Crippen LogP contribution in [0.25, 0.3) is 11.3 Å². The Morgan fingerprint density at radius 1 is 1.18 bits per heavy atom. The van der Waals surface area contributed by atoms with E-state index < -0.39 is 11.9 Å². The predicted molar refractivity (Wildman–Crippen MR) is 102 cm³/mol. The van der Waals surface area contributed by atoms with Crippen LogP contribution in [0.5, 0.6) is 5.75 Å². The molecule has 0 atom stereocenters. The number of alkyl halides is 3. The molecule has 28 heavy (non-hydrogen) atoms. The summed E-state index contributed by atoms with van der Waals surface area (Å²) in [6.07, 6.45) is -0.0662. The summed E-state index contributed by atoms with van der Waals surface area (Å²) in [7, 11) is 1.49. The Hall–Kier alpha value is -3.00. The van der Waals surface area contributed by atoms with Crippen molar-refractivity contribution in [3.8, 4) is 5.75 Å². The summed E-state index contributed by atoms with van der Waals surface area (Å²) in [6, 6.07) is 9.86. The van der Waals surface area contributed by atoms with E-state index in [-0.39, 0.29) is 23.6 Å². The molecule has 0 radical (unpaired) electrons. The highest BCUT2D eigenvalue weighted by atomic mass is 35.5. The fraction of sp³-hybridized carbons (Fsp3) is 0.158. The van der Waals surface area contributed by atoms with Crippen molar-refractivity contribution in [1.82, 2.24) is 9.38 Å². The van der Waals surface area contributed by atoms with Crippen LogP contribution >= 0.6 is 11.6 Å². The Labute approximate surface area is 163 Å². The van der Waals surface area contributed by atoms with Crippen molar-refractivity contribution in [3.05, 3.63) is 65.2 Å². The van der Waals surface area contributed by atoms with Gasteiger partial charge in [-0.15, -0.1) is 0 Å². The van der Waals surface area contributed by atoms with Crippen molar-refractivity contribution < 1.29 is 17.9 Å². The number of aliphatic imine (C=N–C) groups is 1. The number of benzene rings is 1. The summed E-state index contributed by atoms with van der Waals surface area (Å²) in [6.45, 7) is 0.284. The molecule has 0 aliphatic carbocycles. The molecule has 0 saturated carbocycles. The van der Waals surface area contributed by atoms with Gasteiger partial charge in [-0.05, 0) is 30.3 Å². The number of hydrogen-bond donors (Lipinski definition) is 0. The van der Waals surface area contributed by atoms with Crippen LogP contribution in [-0.4, -0.2) is 29.3 Å². The molecule has 0 unspecified atom stereocenters. The summed E-state index contributed by atoms with van der Waals surface area (Å²) in [4.78, 5) is 9.58. The van der Waals surface area contributed by atoms with Gasteiger partial charge in [0.1, 0.15) is 17.1 Å². The minimum absolute atomic E-state index is 0.0770. The first-order valence-electron chi connectivity index (χ1n) is 8.27. The molecule has 144 valence electrons. The number of pyridine rings is 1. The third kappa shape index (κ3) is 3.09. The van der Waals surface area contributed by atoms with Crippen molar-refractivity contribution in [1.29, 1.82) is 0 Å². The van der Waals surface area contributed by atoms with E-state index in [2.05, 4.69) is 9.98 Å². The Bertz CT molecular complexity index is 1100. The molecule has 5 nitrogen and oxygen atoms in total. The van der Waals surface area contributed by atoms with Gasteiger partial charge < -0.3 is 9.64 Å². The zero-order valence-electron chi connectivity index (χ0n) is 14.6. The Morgan fingerprint density at radius 3 is 2.71 bits per heavy atom. The van der Waals surface area contributed by atoms with Gasteiger partial charge in [-0.1, -0.05) is 17.7 Å². The number of rotatable bonds is 3. The standard InChI is InChI=1S/C19H14ClF3N4O/c1-28-15-6-5-12(10-13(15)20)26-9-7-24-11-14(26)17-18(19(21,22)23)25-16-4-2-3-8-27(16)17/h2-8,10-11H,9H2,1H3. The minimum atomic E-state index is -4.62. The Balaban J connectivity index is 1.91. The lowest BCUT2D eigenvalue weighted by atomic mass is 10.1. The third-order valence-corrected chi connectivity index (χ3v) is 4.64. The lowest BCUT2D eigenvalue weighted by molar-refractivity contribution is -0.141. The minimum Gasteiger partial charge on any atom is -0.495 e. The van der Waals surface area contributed by atoms with Crippen LogP contribution < -0.4 is 9.64 Å². The number of nitrogens with zero attached hydrogens (tertiary/aromatic N) is 4. The summed E-state index contributed by atoms with van der Waals surface area (Å²) in [5, 5.41) is 0.357. The second kappa shape index (κ2) is 6.87. The lowest BCUT2D eigenvalue weighted by Gasteiger charge is -2.28. The molecular weight excluding hydrogens is 393 g/mol. The van der Waals surface area contributed by atoms with Gasteiger partial charge in [0, 0.05) is 18.1 Å². The highest BCUT2D eigenvalue weighted by molar-refractivity contribution is 6.32. The van der Waals surface area contributed by atoms with Crippen LogP contribution in [0, 0.1) is 0 Å². The molecule has 9 heteroatoms. The van der Waals surface area contributed by atoms with Gasteiger partial charge in [0.05, 0.1) is 30.6 Å². The molecule has 2 aromatic heterocycles. The second-order valence-corrected chi connectivity index (χ2v) is 6.42. The monoisotopic (exact) mass is 406 g/mol. The molecule has 1 aliphatic heterocycles. The normalized spacial score (nSPS) is 14.5. The van der Waals surface area contributed by atoms with Gasteiger partial charge in [-0.3, -0.25) is 9.39 Å². The number of halogens is 4. The van der Waals surface area contributed by atoms with E-state index >= 15 is 0 Å². The number of hydrogen-bond acceptors (Lipinski definition) is 4. The molecule has 0 N–H and O–H groups in total. The molecule has 0 bridgehead atoms. The van der Waals surface area contributed by atoms with Crippen molar-refractivity contribution >= 4 is 34.8 Å². The number of aromatic nitrogens is 2. The molecule has 0 amide bonds. The van der Waals surface area contributed by atoms with Crippen LogP contribution in [0.1, 0.15) is 11.4 Å². The lowest BCUT2D eigenvalue weighted by Crippen LogP contribution is -2.28. The number of imidazole rings is 1. The molecule has 0 fully saturated rings. The number of anilines is 1. The topological polar surface area (TPSA) is 42.1 Å².